The number of carbonyl (C=O) groups excluding carboxylic acids is 1. The zero-order chi connectivity index (χ0) is 20.5. The molecule has 2 aromatic carbocycles. The summed E-state index contributed by atoms with van der Waals surface area (Å²) in [6, 6.07) is 15.5. The third kappa shape index (κ3) is 4.25. The van der Waals surface area contributed by atoms with Crippen molar-refractivity contribution in [2.24, 2.45) is 0 Å². The second-order valence-corrected chi connectivity index (χ2v) is 10.6. The summed E-state index contributed by atoms with van der Waals surface area (Å²) >= 11 is 1.41. The van der Waals surface area contributed by atoms with E-state index in [1.807, 2.05) is 48.5 Å². The Morgan fingerprint density at radius 1 is 1.07 bits per heavy atom. The van der Waals surface area contributed by atoms with Crippen LogP contribution in [-0.4, -0.2) is 30.8 Å². The molecule has 0 radical (unpaired) electrons. The Balaban J connectivity index is 2.09. The third-order valence-corrected chi connectivity index (χ3v) is 7.26. The van der Waals surface area contributed by atoms with Crippen molar-refractivity contribution in [1.82, 2.24) is 4.98 Å². The molecule has 0 saturated heterocycles. The van der Waals surface area contributed by atoms with Crippen molar-refractivity contribution >= 4 is 42.4 Å². The average Bonchev–Trinajstić information content (AvgIpc) is 3.08. The average molecular weight is 417 g/mol. The fraction of sp³-hybridized carbons (Fsp3) is 0.333. The molecular formula is C21H24N2O3S2. The first-order valence-corrected chi connectivity index (χ1v) is 11.9. The molecule has 3 aromatic rings. The molecule has 0 bridgehead atoms. The fourth-order valence-electron chi connectivity index (χ4n) is 2.95. The molecule has 1 aromatic heterocycles. The lowest BCUT2D eigenvalue weighted by Gasteiger charge is -2.23. The van der Waals surface area contributed by atoms with Gasteiger partial charge < -0.3 is 0 Å². The van der Waals surface area contributed by atoms with Crippen LogP contribution in [0, 0.1) is 0 Å². The first-order valence-electron chi connectivity index (χ1n) is 9.12. The first-order chi connectivity index (χ1) is 13.2. The molecule has 1 unspecified atom stereocenters. The maximum Gasteiger partial charge on any atom is 0.247 e. The minimum atomic E-state index is -3.51. The summed E-state index contributed by atoms with van der Waals surface area (Å²) < 4.78 is 25.0. The van der Waals surface area contributed by atoms with Crippen LogP contribution < -0.4 is 4.90 Å². The first kappa shape index (κ1) is 20.5. The number of aromatic nitrogens is 1. The van der Waals surface area contributed by atoms with Crippen LogP contribution in [0.5, 0.6) is 0 Å². The van der Waals surface area contributed by atoms with Crippen LogP contribution in [0.15, 0.2) is 48.5 Å². The Bertz CT molecular complexity index is 1090. The molecule has 0 aliphatic carbocycles. The monoisotopic (exact) mass is 416 g/mol. The molecule has 1 amide bonds. The Labute approximate surface area is 169 Å². The van der Waals surface area contributed by atoms with Crippen molar-refractivity contribution < 1.29 is 13.2 Å². The van der Waals surface area contributed by atoms with Gasteiger partial charge in [0.2, 0.25) is 5.91 Å². The van der Waals surface area contributed by atoms with Gasteiger partial charge in [-0.1, -0.05) is 67.6 Å². The number of para-hydroxylation sites is 1. The topological polar surface area (TPSA) is 67.3 Å². The van der Waals surface area contributed by atoms with Gasteiger partial charge in [-0.25, -0.2) is 13.4 Å². The number of sulfone groups is 1. The van der Waals surface area contributed by atoms with Gasteiger partial charge in [0.1, 0.15) is 5.25 Å². The summed E-state index contributed by atoms with van der Waals surface area (Å²) in [7, 11) is -3.51. The van der Waals surface area contributed by atoms with E-state index < -0.39 is 21.0 Å². The number of amides is 1. The van der Waals surface area contributed by atoms with Gasteiger partial charge in [0.15, 0.2) is 15.0 Å². The Morgan fingerprint density at radius 3 is 2.36 bits per heavy atom. The van der Waals surface area contributed by atoms with Gasteiger partial charge in [0.05, 0.1) is 16.8 Å². The number of anilines is 1. The van der Waals surface area contributed by atoms with Gasteiger partial charge in [-0.3, -0.25) is 9.69 Å². The van der Waals surface area contributed by atoms with E-state index >= 15 is 0 Å². The van der Waals surface area contributed by atoms with Crippen LogP contribution in [0.3, 0.4) is 0 Å². The summed E-state index contributed by atoms with van der Waals surface area (Å²) in [4.78, 5) is 19.3. The number of hydrogen-bond acceptors (Lipinski definition) is 5. The number of rotatable bonds is 6. The number of hydrogen-bond donors (Lipinski definition) is 0. The molecule has 0 saturated carbocycles. The molecule has 7 heteroatoms. The summed E-state index contributed by atoms with van der Waals surface area (Å²) in [5, 5.41) is -0.611. The summed E-state index contributed by atoms with van der Waals surface area (Å²) in [6.07, 6.45) is 1.09. The molecule has 0 aliphatic rings. The minimum Gasteiger partial charge on any atom is -0.282 e. The Morgan fingerprint density at radius 2 is 1.75 bits per heavy atom. The van der Waals surface area contributed by atoms with E-state index in [2.05, 4.69) is 13.8 Å². The number of thiazole rings is 1. The lowest BCUT2D eigenvalue weighted by Crippen LogP contribution is -2.41. The van der Waals surface area contributed by atoms with Crippen molar-refractivity contribution in [3.8, 4) is 0 Å². The van der Waals surface area contributed by atoms with Gasteiger partial charge in [-0.05, 0) is 30.0 Å². The Kier molecular flexibility index (Phi) is 5.86. The van der Waals surface area contributed by atoms with E-state index in [-0.39, 0.29) is 6.54 Å². The highest BCUT2D eigenvalue weighted by Crippen LogP contribution is 2.34. The number of fused-ring (bicyclic) bond motifs is 1. The van der Waals surface area contributed by atoms with Crippen molar-refractivity contribution in [3.05, 3.63) is 59.7 Å². The van der Waals surface area contributed by atoms with Gasteiger partial charge in [0.25, 0.3) is 0 Å². The summed E-state index contributed by atoms with van der Waals surface area (Å²) in [5.74, 6) is -0.164. The van der Waals surface area contributed by atoms with Crippen molar-refractivity contribution in [3.63, 3.8) is 0 Å². The molecule has 1 atom stereocenters. The quantitative estimate of drug-likeness (QED) is 0.598. The van der Waals surface area contributed by atoms with E-state index in [1.165, 1.54) is 23.2 Å². The van der Waals surface area contributed by atoms with Gasteiger partial charge in [0, 0.05) is 6.26 Å². The third-order valence-electron chi connectivity index (χ3n) is 4.73. The number of nitrogens with zero attached hydrogens (tertiary/aromatic N) is 2. The van der Waals surface area contributed by atoms with E-state index in [9.17, 15) is 13.2 Å². The molecule has 148 valence electrons. The van der Waals surface area contributed by atoms with Crippen LogP contribution in [0.1, 0.15) is 37.8 Å². The highest BCUT2D eigenvalue weighted by molar-refractivity contribution is 7.92. The second-order valence-electron chi connectivity index (χ2n) is 7.23. The van der Waals surface area contributed by atoms with E-state index in [0.717, 1.165) is 27.6 Å². The van der Waals surface area contributed by atoms with Crippen LogP contribution in [0.2, 0.25) is 0 Å². The standard InChI is InChI=1S/C21H24N2O3S2/c1-14(2)17-11-8-12-18-19(17)22-21(27-18)23(13-16-9-6-5-7-10-16)20(24)15(3)28(4,25)26/h5-12,14-15H,13H2,1-4H3. The lowest BCUT2D eigenvalue weighted by molar-refractivity contribution is -0.118. The smallest absolute Gasteiger partial charge is 0.247 e. The van der Waals surface area contributed by atoms with Gasteiger partial charge in [-0.2, -0.15) is 0 Å². The van der Waals surface area contributed by atoms with E-state index in [4.69, 9.17) is 4.98 Å². The predicted octanol–water partition coefficient (Wildman–Crippen LogP) is 4.39. The highest BCUT2D eigenvalue weighted by atomic mass is 32.2. The molecule has 0 N–H and O–H groups in total. The Hall–Kier alpha value is -2.25. The maximum absolute atomic E-state index is 13.1. The van der Waals surface area contributed by atoms with Crippen molar-refractivity contribution in [2.45, 2.75) is 38.5 Å². The lowest BCUT2D eigenvalue weighted by atomic mass is 10.0. The predicted molar refractivity (Wildman–Crippen MR) is 116 cm³/mol. The summed E-state index contributed by atoms with van der Waals surface area (Å²) in [6.45, 7) is 5.91. The SMILES string of the molecule is CC(C)c1cccc2sc(N(Cc3ccccc3)C(=O)C(C)S(C)(=O)=O)nc12. The van der Waals surface area contributed by atoms with Crippen molar-refractivity contribution in [1.29, 1.82) is 0 Å². The zero-order valence-electron chi connectivity index (χ0n) is 16.4. The molecule has 0 aliphatic heterocycles. The van der Waals surface area contributed by atoms with Crippen LogP contribution >= 0.6 is 11.3 Å². The normalized spacial score (nSPS) is 13.0. The van der Waals surface area contributed by atoms with Gasteiger partial charge >= 0.3 is 0 Å². The number of carbonyl (C=O) groups is 1. The van der Waals surface area contributed by atoms with Gasteiger partial charge in [-0.15, -0.1) is 0 Å². The molecule has 0 fully saturated rings. The summed E-state index contributed by atoms with van der Waals surface area (Å²) in [5.41, 5.74) is 2.90. The number of benzene rings is 2. The van der Waals surface area contributed by atoms with E-state index in [1.54, 1.807) is 0 Å². The molecule has 1 heterocycles. The highest BCUT2D eigenvalue weighted by Gasteiger charge is 2.31. The molecular weight excluding hydrogens is 392 g/mol. The zero-order valence-corrected chi connectivity index (χ0v) is 18.0. The minimum absolute atomic E-state index is 0.274. The van der Waals surface area contributed by atoms with E-state index in [0.29, 0.717) is 11.0 Å². The van der Waals surface area contributed by atoms with Crippen LogP contribution in [0.25, 0.3) is 10.2 Å². The largest absolute Gasteiger partial charge is 0.282 e. The fourth-order valence-corrected chi connectivity index (χ4v) is 4.45. The second kappa shape index (κ2) is 8.01. The molecule has 28 heavy (non-hydrogen) atoms. The molecule has 0 spiro atoms. The van der Waals surface area contributed by atoms with Crippen molar-refractivity contribution in [2.75, 3.05) is 11.2 Å². The molecule has 5 nitrogen and oxygen atoms in total. The van der Waals surface area contributed by atoms with Crippen LogP contribution in [0.4, 0.5) is 5.13 Å². The molecule has 3 rings (SSSR count). The maximum atomic E-state index is 13.1. The van der Waals surface area contributed by atoms with Crippen LogP contribution in [-0.2, 0) is 21.2 Å².